The first-order chi connectivity index (χ1) is 6.72. The highest BCUT2D eigenvalue weighted by molar-refractivity contribution is 5.87. The van der Waals surface area contributed by atoms with Crippen molar-refractivity contribution in [3.05, 3.63) is 35.9 Å². The highest BCUT2D eigenvalue weighted by atomic mass is 16.6. The molecule has 0 saturated heterocycles. The summed E-state index contributed by atoms with van der Waals surface area (Å²) in [6.07, 6.45) is 2.66. The number of hydrogen-bond acceptors (Lipinski definition) is 4. The molecule has 0 aliphatic rings. The van der Waals surface area contributed by atoms with E-state index in [0.717, 1.165) is 0 Å². The number of rotatable bonds is 3. The second-order valence-corrected chi connectivity index (χ2v) is 2.52. The van der Waals surface area contributed by atoms with Gasteiger partial charge >= 0.3 is 5.97 Å². The molecule has 1 rings (SSSR count). The first-order valence-electron chi connectivity index (χ1n) is 3.97. The van der Waals surface area contributed by atoms with Crippen LogP contribution < -0.4 is 0 Å². The van der Waals surface area contributed by atoms with Gasteiger partial charge in [-0.15, -0.1) is 0 Å². The van der Waals surface area contributed by atoms with Crippen molar-refractivity contribution in [2.75, 3.05) is 6.79 Å². The largest absolute Gasteiger partial charge is 0.508 e. The number of aliphatic hydroxyl groups is 1. The van der Waals surface area contributed by atoms with Gasteiger partial charge < -0.3 is 14.9 Å². The number of ether oxygens (including phenoxy) is 1. The number of carbonyl (C=O) groups is 1. The molecule has 0 unspecified atom stereocenters. The van der Waals surface area contributed by atoms with Gasteiger partial charge in [0.05, 0.1) is 0 Å². The van der Waals surface area contributed by atoms with Crippen LogP contribution >= 0.6 is 0 Å². The number of aliphatic hydroxyl groups excluding tert-OH is 1. The molecule has 4 heteroatoms. The maximum atomic E-state index is 10.8. The zero-order chi connectivity index (χ0) is 10.4. The molecule has 2 N–H and O–H groups in total. The van der Waals surface area contributed by atoms with Gasteiger partial charge in [-0.2, -0.15) is 0 Å². The van der Waals surface area contributed by atoms with Gasteiger partial charge in [-0.3, -0.25) is 0 Å². The van der Waals surface area contributed by atoms with Gasteiger partial charge in [0.2, 0.25) is 0 Å². The molecule has 0 atom stereocenters. The van der Waals surface area contributed by atoms with Crippen molar-refractivity contribution >= 4 is 12.0 Å². The van der Waals surface area contributed by atoms with E-state index in [1.807, 2.05) is 0 Å². The number of esters is 1. The molecule has 0 amide bonds. The van der Waals surface area contributed by atoms with E-state index in [2.05, 4.69) is 4.74 Å². The summed E-state index contributed by atoms with van der Waals surface area (Å²) in [5.74, 6) is -0.501. The van der Waals surface area contributed by atoms with Crippen LogP contribution in [0, 0.1) is 0 Å². The topological polar surface area (TPSA) is 66.8 Å². The Bertz CT molecular complexity index is 344. The average molecular weight is 194 g/mol. The summed E-state index contributed by atoms with van der Waals surface area (Å²) in [6, 6.07) is 6.42. The van der Waals surface area contributed by atoms with Gasteiger partial charge in [-0.05, 0) is 23.8 Å². The van der Waals surface area contributed by atoms with Gasteiger partial charge in [-0.25, -0.2) is 4.79 Å². The first kappa shape index (κ1) is 10.3. The number of benzene rings is 1. The summed E-state index contributed by atoms with van der Waals surface area (Å²) in [7, 11) is 0. The summed E-state index contributed by atoms with van der Waals surface area (Å²) in [5.41, 5.74) is 0.680. The van der Waals surface area contributed by atoms with Gasteiger partial charge in [0.1, 0.15) is 5.75 Å². The predicted octanol–water partition coefficient (Wildman–Crippen LogP) is 0.898. The standard InChI is InChI=1S/C10H10O4/c11-7-14-10(13)5-4-8-2-1-3-9(12)6-8/h1-6,11-12H,7H2/b5-4+. The lowest BCUT2D eigenvalue weighted by Crippen LogP contribution is -2.00. The molecular formula is C10H10O4. The molecule has 0 heterocycles. The molecule has 0 saturated carbocycles. The van der Waals surface area contributed by atoms with Crippen molar-refractivity contribution in [3.8, 4) is 5.75 Å². The van der Waals surface area contributed by atoms with E-state index in [9.17, 15) is 4.79 Å². The average Bonchev–Trinajstić information content (AvgIpc) is 2.15. The Hall–Kier alpha value is -1.81. The normalized spacial score (nSPS) is 10.4. The van der Waals surface area contributed by atoms with Gasteiger partial charge in [0.25, 0.3) is 0 Å². The third-order valence-electron chi connectivity index (χ3n) is 1.49. The fraction of sp³-hybridized carbons (Fsp3) is 0.100. The molecule has 0 fully saturated rings. The number of carbonyl (C=O) groups excluding carboxylic acids is 1. The molecule has 0 aromatic heterocycles. The molecule has 14 heavy (non-hydrogen) atoms. The minimum Gasteiger partial charge on any atom is -0.508 e. The molecule has 1 aromatic carbocycles. The van der Waals surface area contributed by atoms with Crippen molar-refractivity contribution in [1.82, 2.24) is 0 Å². The predicted molar refractivity (Wildman–Crippen MR) is 50.3 cm³/mol. The van der Waals surface area contributed by atoms with Crippen molar-refractivity contribution in [1.29, 1.82) is 0 Å². The molecule has 0 aliphatic heterocycles. The molecule has 1 aromatic rings. The van der Waals surface area contributed by atoms with Gasteiger partial charge in [-0.1, -0.05) is 12.1 Å². The SMILES string of the molecule is O=C(/C=C/c1cccc(O)c1)OCO. The van der Waals surface area contributed by atoms with Gasteiger partial charge in [0, 0.05) is 6.08 Å². The van der Waals surface area contributed by atoms with Crippen molar-refractivity contribution in [2.45, 2.75) is 0 Å². The smallest absolute Gasteiger partial charge is 0.332 e. The summed E-state index contributed by atoms with van der Waals surface area (Å²) in [6.45, 7) is -0.636. The lowest BCUT2D eigenvalue weighted by Gasteiger charge is -1.95. The maximum Gasteiger partial charge on any atom is 0.332 e. The summed E-state index contributed by atoms with van der Waals surface area (Å²) in [5, 5.41) is 17.4. The Balaban J connectivity index is 2.64. The highest BCUT2D eigenvalue weighted by Gasteiger charge is 1.94. The van der Waals surface area contributed by atoms with Crippen LogP contribution in [0.2, 0.25) is 0 Å². The number of phenolic OH excluding ortho intramolecular Hbond substituents is 1. The van der Waals surface area contributed by atoms with Crippen LogP contribution in [0.1, 0.15) is 5.56 Å². The fourth-order valence-corrected chi connectivity index (χ4v) is 0.904. The summed E-state index contributed by atoms with van der Waals surface area (Å²) < 4.78 is 4.26. The van der Waals surface area contributed by atoms with Crippen molar-refractivity contribution in [2.24, 2.45) is 0 Å². The molecule has 4 nitrogen and oxygen atoms in total. The molecule has 0 bridgehead atoms. The van der Waals surface area contributed by atoms with Crippen LogP contribution in [0.3, 0.4) is 0 Å². The van der Waals surface area contributed by atoms with Crippen LogP contribution in [0.5, 0.6) is 5.75 Å². The minimum atomic E-state index is -0.636. The van der Waals surface area contributed by atoms with E-state index < -0.39 is 12.8 Å². The van der Waals surface area contributed by atoms with Crippen LogP contribution in [0.15, 0.2) is 30.3 Å². The molecule has 0 aliphatic carbocycles. The lowest BCUT2D eigenvalue weighted by molar-refractivity contribution is -0.145. The summed E-state index contributed by atoms with van der Waals surface area (Å²) in [4.78, 5) is 10.8. The summed E-state index contributed by atoms with van der Waals surface area (Å²) >= 11 is 0. The zero-order valence-electron chi connectivity index (χ0n) is 7.38. The Morgan fingerprint density at radius 3 is 2.93 bits per heavy atom. The number of aromatic hydroxyl groups is 1. The molecular weight excluding hydrogens is 184 g/mol. The maximum absolute atomic E-state index is 10.8. The van der Waals surface area contributed by atoms with E-state index in [-0.39, 0.29) is 5.75 Å². The molecule has 74 valence electrons. The lowest BCUT2D eigenvalue weighted by atomic mass is 10.2. The van der Waals surface area contributed by atoms with Gasteiger partial charge in [0.15, 0.2) is 6.79 Å². The Morgan fingerprint density at radius 1 is 1.50 bits per heavy atom. The van der Waals surface area contributed by atoms with Crippen molar-refractivity contribution in [3.63, 3.8) is 0 Å². The number of phenols is 1. The first-order valence-corrected chi connectivity index (χ1v) is 3.97. The minimum absolute atomic E-state index is 0.127. The Morgan fingerprint density at radius 2 is 2.29 bits per heavy atom. The van der Waals surface area contributed by atoms with Crippen LogP contribution in [-0.4, -0.2) is 23.0 Å². The van der Waals surface area contributed by atoms with E-state index in [1.54, 1.807) is 12.1 Å². The number of hydrogen-bond donors (Lipinski definition) is 2. The third-order valence-corrected chi connectivity index (χ3v) is 1.49. The fourth-order valence-electron chi connectivity index (χ4n) is 0.904. The van der Waals surface area contributed by atoms with Crippen LogP contribution in [0.25, 0.3) is 6.08 Å². The third kappa shape index (κ3) is 3.28. The van der Waals surface area contributed by atoms with E-state index >= 15 is 0 Å². The Labute approximate surface area is 81.1 Å². The monoisotopic (exact) mass is 194 g/mol. The van der Waals surface area contributed by atoms with Crippen LogP contribution in [-0.2, 0) is 9.53 Å². The second kappa shape index (κ2) is 5.04. The zero-order valence-corrected chi connectivity index (χ0v) is 7.38. The van der Waals surface area contributed by atoms with E-state index in [1.165, 1.54) is 24.3 Å². The highest BCUT2D eigenvalue weighted by Crippen LogP contribution is 2.11. The quantitative estimate of drug-likeness (QED) is 0.426. The Kier molecular flexibility index (Phi) is 3.69. The molecule has 0 spiro atoms. The molecule has 0 radical (unpaired) electrons. The van der Waals surface area contributed by atoms with E-state index in [0.29, 0.717) is 5.56 Å². The van der Waals surface area contributed by atoms with E-state index in [4.69, 9.17) is 10.2 Å². The second-order valence-electron chi connectivity index (χ2n) is 2.52. The van der Waals surface area contributed by atoms with Crippen LogP contribution in [0.4, 0.5) is 0 Å². The van der Waals surface area contributed by atoms with Crippen molar-refractivity contribution < 1.29 is 19.7 Å².